The van der Waals surface area contributed by atoms with Crippen molar-refractivity contribution in [3.8, 4) is 0 Å². The Kier molecular flexibility index (Phi) is 6.01. The molecule has 2 unspecified atom stereocenters. The minimum atomic E-state index is -3.42. The van der Waals surface area contributed by atoms with E-state index in [1.165, 1.54) is 0 Å². The average Bonchev–Trinajstić information content (AvgIpc) is 2.31. The van der Waals surface area contributed by atoms with E-state index in [-0.39, 0.29) is 18.4 Å². The van der Waals surface area contributed by atoms with Crippen LogP contribution in [0.4, 0.5) is 0 Å². The predicted molar refractivity (Wildman–Crippen MR) is 83.9 cm³/mol. The van der Waals surface area contributed by atoms with E-state index in [4.69, 9.17) is 0 Å². The quantitative estimate of drug-likeness (QED) is 0.896. The van der Waals surface area contributed by atoms with Crippen LogP contribution in [0.15, 0.2) is 23.1 Å². The van der Waals surface area contributed by atoms with Gasteiger partial charge in [-0.3, -0.25) is 0 Å². The topological polar surface area (TPSA) is 58.2 Å². The maximum atomic E-state index is 12.4. The molecule has 1 aromatic rings. The molecule has 1 heterocycles. The van der Waals surface area contributed by atoms with E-state index >= 15 is 0 Å². The van der Waals surface area contributed by atoms with E-state index in [2.05, 4.69) is 17.0 Å². The fraction of sp³-hybridized carbons (Fsp3) is 0.571. The Morgan fingerprint density at radius 1 is 1.30 bits per heavy atom. The summed E-state index contributed by atoms with van der Waals surface area (Å²) in [5, 5.41) is 3.27. The summed E-state index contributed by atoms with van der Waals surface area (Å²) in [4.78, 5) is 0.392. The molecule has 1 aliphatic rings. The van der Waals surface area contributed by atoms with Crippen LogP contribution in [0.2, 0.25) is 0 Å². The summed E-state index contributed by atoms with van der Waals surface area (Å²) in [7, 11) is -3.42. The van der Waals surface area contributed by atoms with E-state index in [0.29, 0.717) is 10.8 Å². The van der Waals surface area contributed by atoms with Crippen molar-refractivity contribution < 1.29 is 8.42 Å². The van der Waals surface area contributed by atoms with Crippen LogP contribution in [0.1, 0.15) is 24.5 Å². The zero-order valence-corrected chi connectivity index (χ0v) is 13.8. The molecule has 1 aliphatic heterocycles. The Labute approximate surface area is 127 Å². The van der Waals surface area contributed by atoms with Gasteiger partial charge in [0, 0.05) is 6.04 Å². The second-order valence-corrected chi connectivity index (χ2v) is 7.15. The van der Waals surface area contributed by atoms with Crippen molar-refractivity contribution in [2.45, 2.75) is 38.1 Å². The summed E-state index contributed by atoms with van der Waals surface area (Å²) in [5.41, 5.74) is 1.88. The summed E-state index contributed by atoms with van der Waals surface area (Å²) < 4.78 is 27.7. The lowest BCUT2D eigenvalue weighted by molar-refractivity contribution is 0.328. The largest absolute Gasteiger partial charge is 0.316 e. The molecule has 0 saturated carbocycles. The lowest BCUT2D eigenvalue weighted by Gasteiger charge is -2.30. The van der Waals surface area contributed by atoms with Gasteiger partial charge in [0.25, 0.3) is 0 Å². The minimum Gasteiger partial charge on any atom is -0.316 e. The molecule has 0 amide bonds. The van der Waals surface area contributed by atoms with Gasteiger partial charge in [-0.1, -0.05) is 24.6 Å². The van der Waals surface area contributed by atoms with Gasteiger partial charge in [0.2, 0.25) is 10.0 Å². The maximum absolute atomic E-state index is 12.4. The van der Waals surface area contributed by atoms with Crippen LogP contribution in [0.3, 0.4) is 0 Å². The average molecular weight is 319 g/mol. The fourth-order valence-electron chi connectivity index (χ4n) is 2.55. The van der Waals surface area contributed by atoms with Gasteiger partial charge in [0.05, 0.1) is 4.90 Å². The van der Waals surface area contributed by atoms with Crippen molar-refractivity contribution >= 4 is 22.4 Å². The van der Waals surface area contributed by atoms with Crippen molar-refractivity contribution in [2.24, 2.45) is 5.92 Å². The zero-order chi connectivity index (χ0) is 14.0. The van der Waals surface area contributed by atoms with Gasteiger partial charge < -0.3 is 5.32 Å². The van der Waals surface area contributed by atoms with Crippen LogP contribution in [-0.2, 0) is 10.0 Å². The summed E-state index contributed by atoms with van der Waals surface area (Å²) in [6.07, 6.45) is 0.839. The van der Waals surface area contributed by atoms with Crippen molar-refractivity contribution in [1.29, 1.82) is 0 Å². The summed E-state index contributed by atoms with van der Waals surface area (Å²) in [5.74, 6) is 0.314. The van der Waals surface area contributed by atoms with Gasteiger partial charge >= 0.3 is 0 Å². The molecule has 2 N–H and O–H groups in total. The molecule has 1 fully saturated rings. The fourth-order valence-corrected chi connectivity index (χ4v) is 4.16. The first-order chi connectivity index (χ1) is 8.90. The minimum absolute atomic E-state index is 0. The van der Waals surface area contributed by atoms with Gasteiger partial charge in [-0.15, -0.1) is 12.4 Å². The third-order valence-electron chi connectivity index (χ3n) is 3.71. The van der Waals surface area contributed by atoms with Crippen molar-refractivity contribution in [1.82, 2.24) is 10.0 Å². The van der Waals surface area contributed by atoms with Gasteiger partial charge in [-0.05, 0) is 50.9 Å². The number of sulfonamides is 1. The van der Waals surface area contributed by atoms with Gasteiger partial charge in [-0.25, -0.2) is 13.1 Å². The molecule has 2 atom stereocenters. The standard InChI is InChI=1S/C14H22N2O2S.ClH/c1-10-4-5-14(11(2)8-10)19(17,18)16-13-6-7-15-9-12(13)3;/h4-5,8,12-13,15-16H,6-7,9H2,1-3H3;1H. The summed E-state index contributed by atoms with van der Waals surface area (Å²) in [6, 6.07) is 5.46. The van der Waals surface area contributed by atoms with Gasteiger partial charge in [0.15, 0.2) is 0 Å². The predicted octanol–water partition coefficient (Wildman–Crippen LogP) is 2.00. The highest BCUT2D eigenvalue weighted by atomic mass is 35.5. The highest BCUT2D eigenvalue weighted by Crippen LogP contribution is 2.19. The van der Waals surface area contributed by atoms with Crippen LogP contribution < -0.4 is 10.0 Å². The summed E-state index contributed by atoms with van der Waals surface area (Å²) in [6.45, 7) is 7.60. The van der Waals surface area contributed by atoms with Gasteiger partial charge in [-0.2, -0.15) is 0 Å². The van der Waals surface area contributed by atoms with E-state index in [1.807, 2.05) is 26.0 Å². The molecule has 0 bridgehead atoms. The van der Waals surface area contributed by atoms with Crippen LogP contribution >= 0.6 is 12.4 Å². The second kappa shape index (κ2) is 6.89. The first-order valence-corrected chi connectivity index (χ1v) is 8.19. The molecule has 0 radical (unpaired) electrons. The van der Waals surface area contributed by atoms with E-state index < -0.39 is 10.0 Å². The Balaban J connectivity index is 0.00000200. The number of halogens is 1. The van der Waals surface area contributed by atoms with Crippen LogP contribution in [0.25, 0.3) is 0 Å². The molecule has 114 valence electrons. The first kappa shape index (κ1) is 17.4. The van der Waals surface area contributed by atoms with Crippen LogP contribution in [0.5, 0.6) is 0 Å². The van der Waals surface area contributed by atoms with E-state index in [1.54, 1.807) is 6.07 Å². The molecule has 6 heteroatoms. The molecule has 0 aliphatic carbocycles. The third kappa shape index (κ3) is 3.95. The van der Waals surface area contributed by atoms with E-state index in [9.17, 15) is 8.42 Å². The summed E-state index contributed by atoms with van der Waals surface area (Å²) >= 11 is 0. The Morgan fingerprint density at radius 3 is 2.60 bits per heavy atom. The van der Waals surface area contributed by atoms with Crippen molar-refractivity contribution in [2.75, 3.05) is 13.1 Å². The lowest BCUT2D eigenvalue weighted by Crippen LogP contribution is -2.48. The molecule has 2 rings (SSSR count). The Hall–Kier alpha value is -0.620. The Bertz CT molecular complexity index is 560. The van der Waals surface area contributed by atoms with Crippen molar-refractivity contribution in [3.63, 3.8) is 0 Å². The molecule has 4 nitrogen and oxygen atoms in total. The number of piperidine rings is 1. The third-order valence-corrected chi connectivity index (χ3v) is 5.36. The number of nitrogens with one attached hydrogen (secondary N) is 2. The highest BCUT2D eigenvalue weighted by molar-refractivity contribution is 7.89. The highest BCUT2D eigenvalue weighted by Gasteiger charge is 2.27. The zero-order valence-electron chi connectivity index (χ0n) is 12.1. The molecular weight excluding hydrogens is 296 g/mol. The number of rotatable bonds is 3. The molecule has 1 saturated heterocycles. The number of hydrogen-bond donors (Lipinski definition) is 2. The molecule has 20 heavy (non-hydrogen) atoms. The molecule has 0 aromatic heterocycles. The smallest absolute Gasteiger partial charge is 0.241 e. The first-order valence-electron chi connectivity index (χ1n) is 6.70. The second-order valence-electron chi connectivity index (χ2n) is 5.47. The molecule has 1 aromatic carbocycles. The lowest BCUT2D eigenvalue weighted by atomic mass is 9.97. The normalized spacial score (nSPS) is 23.1. The number of hydrogen-bond acceptors (Lipinski definition) is 3. The van der Waals surface area contributed by atoms with Gasteiger partial charge in [0.1, 0.15) is 0 Å². The van der Waals surface area contributed by atoms with Crippen molar-refractivity contribution in [3.05, 3.63) is 29.3 Å². The SMILES string of the molecule is Cc1ccc(S(=O)(=O)NC2CCNCC2C)c(C)c1.Cl. The molecular formula is C14H23ClN2O2S. The van der Waals surface area contributed by atoms with E-state index in [0.717, 1.165) is 30.6 Å². The Morgan fingerprint density at radius 2 is 2.00 bits per heavy atom. The molecule has 0 spiro atoms. The van der Waals surface area contributed by atoms with Crippen LogP contribution in [-0.4, -0.2) is 27.5 Å². The number of aryl methyl sites for hydroxylation is 2. The van der Waals surface area contributed by atoms with Crippen LogP contribution in [0, 0.1) is 19.8 Å². The maximum Gasteiger partial charge on any atom is 0.241 e. The monoisotopic (exact) mass is 318 g/mol. The number of benzene rings is 1.